The molecule has 1 saturated heterocycles. The summed E-state index contributed by atoms with van der Waals surface area (Å²) in [5.74, 6) is 2.59. The van der Waals surface area contributed by atoms with Crippen LogP contribution in [0.5, 0.6) is 5.75 Å². The van der Waals surface area contributed by atoms with E-state index in [1.54, 1.807) is 7.11 Å². The molecule has 0 spiro atoms. The second-order valence-electron chi connectivity index (χ2n) is 9.31. The van der Waals surface area contributed by atoms with E-state index in [0.29, 0.717) is 32.1 Å². The van der Waals surface area contributed by atoms with Gasteiger partial charge in [-0.25, -0.2) is 0 Å². The van der Waals surface area contributed by atoms with Crippen molar-refractivity contribution >= 4 is 17.6 Å². The summed E-state index contributed by atoms with van der Waals surface area (Å²) in [7, 11) is 1.65. The standard InChI is InChI=1S/C25H31N5O3/c1-33-21-4-2-3-20(15-21)22-9-10-23(27-26-22)28-11-13-29(14-12-28)24(31)17-30(16-18-5-6-18)25(32)19-7-8-19/h2-4,9-10,15,18-19H,5-8,11-14,16-17H2,1H3. The van der Waals surface area contributed by atoms with Gasteiger partial charge < -0.3 is 19.4 Å². The fraction of sp³-hybridized carbons (Fsp3) is 0.520. The maximum absolute atomic E-state index is 12.9. The van der Waals surface area contributed by atoms with Crippen molar-refractivity contribution < 1.29 is 14.3 Å². The van der Waals surface area contributed by atoms with Gasteiger partial charge >= 0.3 is 0 Å². The number of hydrogen-bond acceptors (Lipinski definition) is 6. The minimum Gasteiger partial charge on any atom is -0.497 e. The topological polar surface area (TPSA) is 78.9 Å². The first-order chi connectivity index (χ1) is 16.1. The third kappa shape index (κ3) is 5.26. The lowest BCUT2D eigenvalue weighted by atomic mass is 10.1. The predicted octanol–water partition coefficient (Wildman–Crippen LogP) is 2.45. The Kier molecular flexibility index (Phi) is 6.15. The molecule has 2 aromatic rings. The first-order valence-corrected chi connectivity index (χ1v) is 11.9. The van der Waals surface area contributed by atoms with Crippen molar-refractivity contribution in [3.63, 3.8) is 0 Å². The Morgan fingerprint density at radius 2 is 1.82 bits per heavy atom. The molecule has 8 heteroatoms. The average Bonchev–Trinajstić information content (AvgIpc) is 3.78. The molecule has 2 amide bonds. The highest BCUT2D eigenvalue weighted by Crippen LogP contribution is 2.34. The molecule has 0 atom stereocenters. The summed E-state index contributed by atoms with van der Waals surface area (Å²) in [5, 5.41) is 8.82. The van der Waals surface area contributed by atoms with Crippen LogP contribution in [0.25, 0.3) is 11.3 Å². The molecule has 1 aromatic heterocycles. The molecule has 1 aromatic carbocycles. The lowest BCUT2D eigenvalue weighted by Crippen LogP contribution is -2.52. The van der Waals surface area contributed by atoms with Gasteiger partial charge in [-0.15, -0.1) is 10.2 Å². The Hall–Kier alpha value is -3.16. The quantitative estimate of drug-likeness (QED) is 0.616. The number of amides is 2. The van der Waals surface area contributed by atoms with Gasteiger partial charge in [0.1, 0.15) is 5.75 Å². The van der Waals surface area contributed by atoms with Gasteiger partial charge in [0.25, 0.3) is 0 Å². The molecule has 0 radical (unpaired) electrons. The molecular weight excluding hydrogens is 418 g/mol. The maximum atomic E-state index is 12.9. The Morgan fingerprint density at radius 3 is 2.45 bits per heavy atom. The van der Waals surface area contributed by atoms with E-state index in [-0.39, 0.29) is 24.3 Å². The Morgan fingerprint density at radius 1 is 1.03 bits per heavy atom. The van der Waals surface area contributed by atoms with Crippen LogP contribution in [0, 0.1) is 11.8 Å². The van der Waals surface area contributed by atoms with Gasteiger partial charge in [0, 0.05) is 44.2 Å². The Bertz CT molecular complexity index is 995. The normalized spacial score (nSPS) is 18.2. The van der Waals surface area contributed by atoms with Crippen molar-refractivity contribution in [3.05, 3.63) is 36.4 Å². The van der Waals surface area contributed by atoms with Crippen molar-refractivity contribution in [1.82, 2.24) is 20.0 Å². The number of carbonyl (C=O) groups excluding carboxylic acids is 2. The van der Waals surface area contributed by atoms with Crippen molar-refractivity contribution in [2.75, 3.05) is 51.3 Å². The molecule has 2 aliphatic carbocycles. The van der Waals surface area contributed by atoms with E-state index in [0.717, 1.165) is 42.2 Å². The smallest absolute Gasteiger partial charge is 0.242 e. The number of aromatic nitrogens is 2. The molecule has 0 unspecified atom stereocenters. The van der Waals surface area contributed by atoms with E-state index in [4.69, 9.17) is 4.74 Å². The number of rotatable bonds is 8. The largest absolute Gasteiger partial charge is 0.497 e. The van der Waals surface area contributed by atoms with E-state index >= 15 is 0 Å². The fourth-order valence-corrected chi connectivity index (χ4v) is 4.31. The van der Waals surface area contributed by atoms with Crippen LogP contribution in [-0.4, -0.2) is 78.2 Å². The zero-order valence-electron chi connectivity index (χ0n) is 19.2. The van der Waals surface area contributed by atoms with Crippen LogP contribution >= 0.6 is 0 Å². The molecule has 174 valence electrons. The number of nitrogens with zero attached hydrogens (tertiary/aromatic N) is 5. The highest BCUT2D eigenvalue weighted by Gasteiger charge is 2.37. The second-order valence-corrected chi connectivity index (χ2v) is 9.31. The third-order valence-electron chi connectivity index (χ3n) is 6.71. The fourth-order valence-electron chi connectivity index (χ4n) is 4.31. The SMILES string of the molecule is COc1cccc(-c2ccc(N3CCN(C(=O)CN(CC4CC4)C(=O)C4CC4)CC3)nn2)c1. The average molecular weight is 450 g/mol. The summed E-state index contributed by atoms with van der Waals surface area (Å²) < 4.78 is 5.29. The van der Waals surface area contributed by atoms with Gasteiger partial charge in [-0.1, -0.05) is 12.1 Å². The zero-order chi connectivity index (χ0) is 22.8. The van der Waals surface area contributed by atoms with E-state index in [1.807, 2.05) is 46.2 Å². The Labute approximate surface area is 194 Å². The molecule has 1 aliphatic heterocycles. The lowest BCUT2D eigenvalue weighted by Gasteiger charge is -2.36. The van der Waals surface area contributed by atoms with Crippen LogP contribution in [-0.2, 0) is 9.59 Å². The van der Waals surface area contributed by atoms with Crippen molar-refractivity contribution in [3.8, 4) is 17.0 Å². The van der Waals surface area contributed by atoms with E-state index in [9.17, 15) is 9.59 Å². The number of hydrogen-bond donors (Lipinski definition) is 0. The molecular formula is C25H31N5O3. The zero-order valence-corrected chi connectivity index (χ0v) is 19.2. The summed E-state index contributed by atoms with van der Waals surface area (Å²) >= 11 is 0. The van der Waals surface area contributed by atoms with Crippen LogP contribution in [0.1, 0.15) is 25.7 Å². The van der Waals surface area contributed by atoms with Gasteiger partial charge in [-0.05, 0) is 55.9 Å². The van der Waals surface area contributed by atoms with Crippen LogP contribution in [0.4, 0.5) is 5.82 Å². The molecule has 2 heterocycles. The van der Waals surface area contributed by atoms with Crippen LogP contribution in [0.2, 0.25) is 0 Å². The predicted molar refractivity (Wildman–Crippen MR) is 125 cm³/mol. The van der Waals surface area contributed by atoms with Crippen molar-refractivity contribution in [1.29, 1.82) is 0 Å². The summed E-state index contributed by atoms with van der Waals surface area (Å²) in [5.41, 5.74) is 1.75. The number of piperazine rings is 1. The molecule has 0 N–H and O–H groups in total. The summed E-state index contributed by atoms with van der Waals surface area (Å²) in [6, 6.07) is 11.7. The highest BCUT2D eigenvalue weighted by molar-refractivity contribution is 5.87. The summed E-state index contributed by atoms with van der Waals surface area (Å²) in [6.07, 6.45) is 4.31. The molecule has 3 fully saturated rings. The van der Waals surface area contributed by atoms with E-state index in [2.05, 4.69) is 15.1 Å². The van der Waals surface area contributed by atoms with Gasteiger partial charge in [0.05, 0.1) is 19.3 Å². The van der Waals surface area contributed by atoms with Crippen LogP contribution < -0.4 is 9.64 Å². The molecule has 3 aliphatic rings. The molecule has 33 heavy (non-hydrogen) atoms. The number of methoxy groups -OCH3 is 1. The lowest BCUT2D eigenvalue weighted by molar-refractivity contribution is -0.141. The Balaban J connectivity index is 1.15. The van der Waals surface area contributed by atoms with Gasteiger partial charge in [0.2, 0.25) is 11.8 Å². The maximum Gasteiger partial charge on any atom is 0.242 e. The first-order valence-electron chi connectivity index (χ1n) is 11.9. The molecule has 8 nitrogen and oxygen atoms in total. The monoisotopic (exact) mass is 449 g/mol. The highest BCUT2D eigenvalue weighted by atomic mass is 16.5. The number of ether oxygens (including phenoxy) is 1. The van der Waals surface area contributed by atoms with Gasteiger partial charge in [0.15, 0.2) is 5.82 Å². The molecule has 2 saturated carbocycles. The number of carbonyl (C=O) groups is 2. The van der Waals surface area contributed by atoms with Crippen LogP contribution in [0.15, 0.2) is 36.4 Å². The van der Waals surface area contributed by atoms with Crippen molar-refractivity contribution in [2.45, 2.75) is 25.7 Å². The second kappa shape index (κ2) is 9.37. The molecule has 0 bridgehead atoms. The third-order valence-corrected chi connectivity index (χ3v) is 6.71. The summed E-state index contributed by atoms with van der Waals surface area (Å²) in [6.45, 7) is 3.65. The van der Waals surface area contributed by atoms with E-state index < -0.39 is 0 Å². The minimum absolute atomic E-state index is 0.0590. The van der Waals surface area contributed by atoms with Crippen molar-refractivity contribution in [2.24, 2.45) is 11.8 Å². The van der Waals surface area contributed by atoms with Gasteiger partial charge in [-0.3, -0.25) is 9.59 Å². The van der Waals surface area contributed by atoms with Crippen LogP contribution in [0.3, 0.4) is 0 Å². The van der Waals surface area contributed by atoms with E-state index in [1.165, 1.54) is 12.8 Å². The number of anilines is 1. The first kappa shape index (κ1) is 21.7. The minimum atomic E-state index is 0.0590. The molecule has 5 rings (SSSR count). The summed E-state index contributed by atoms with van der Waals surface area (Å²) in [4.78, 5) is 31.4. The number of benzene rings is 1. The van der Waals surface area contributed by atoms with Gasteiger partial charge in [-0.2, -0.15) is 0 Å².